The maximum absolute atomic E-state index is 12.3. The molecule has 0 nitrogen and oxygen atoms in total. The van der Waals surface area contributed by atoms with E-state index >= 15 is 0 Å². The largest absolute Gasteiger partial charge is 0.352 e. The first-order valence-electron chi connectivity index (χ1n) is 2.66. The van der Waals surface area contributed by atoms with Crippen LogP contribution in [0.15, 0.2) is 0 Å². The van der Waals surface area contributed by atoms with Crippen LogP contribution < -0.4 is 0 Å². The third-order valence-corrected chi connectivity index (χ3v) is 1.15. The molecule has 1 aliphatic rings. The van der Waals surface area contributed by atoms with Gasteiger partial charge in [0.1, 0.15) is 0 Å². The third-order valence-electron chi connectivity index (χ3n) is 1.15. The van der Waals surface area contributed by atoms with Crippen molar-refractivity contribution in [2.75, 3.05) is 0 Å². The quantitative estimate of drug-likeness (QED) is 0.447. The molecule has 1 fully saturated rings. The van der Waals surface area contributed by atoms with Crippen molar-refractivity contribution in [1.29, 1.82) is 0 Å². The van der Waals surface area contributed by atoms with Gasteiger partial charge in [-0.15, -0.1) is 0 Å². The van der Waals surface area contributed by atoms with Crippen molar-refractivity contribution in [3.05, 3.63) is 31.5 Å². The number of halogens is 1. The van der Waals surface area contributed by atoms with Gasteiger partial charge >= 0.3 is 6.99 Å². The molecule has 1 aliphatic carbocycles. The molecule has 0 amide bonds. The van der Waals surface area contributed by atoms with Crippen LogP contribution in [0.25, 0.3) is 0 Å². The first kappa shape index (κ1) is 6.12. The van der Waals surface area contributed by atoms with Crippen LogP contribution in [-0.2, 0) is 0 Å². The van der Waals surface area contributed by atoms with Crippen LogP contribution in [0.5, 0.6) is 0 Å². The molecular formula is C6H7BF. The van der Waals surface area contributed by atoms with E-state index in [-0.39, 0.29) is 0 Å². The Morgan fingerprint density at radius 2 is 1.88 bits per heavy atom. The molecule has 1 rings (SSSR count). The summed E-state index contributed by atoms with van der Waals surface area (Å²) in [5.74, 6) is 0.769. The zero-order valence-electron chi connectivity index (χ0n) is 4.76. The van der Waals surface area contributed by atoms with Gasteiger partial charge in [0.2, 0.25) is 0 Å². The van der Waals surface area contributed by atoms with Gasteiger partial charge in [-0.2, -0.15) is 0 Å². The number of hydrogen-bond donors (Lipinski definition) is 0. The summed E-state index contributed by atoms with van der Waals surface area (Å²) in [6, 6.07) is 0. The van der Waals surface area contributed by atoms with E-state index in [2.05, 4.69) is 0 Å². The Balaban J connectivity index is 2.24. The van der Waals surface area contributed by atoms with Crippen LogP contribution >= 0.6 is 0 Å². The van der Waals surface area contributed by atoms with Crippen molar-refractivity contribution in [1.82, 2.24) is 0 Å². The predicted molar refractivity (Wildman–Crippen MR) is 33.2 cm³/mol. The molecule has 41 valence electrons. The average molecular weight is 109 g/mol. The van der Waals surface area contributed by atoms with Crippen LogP contribution in [0.3, 0.4) is 0 Å². The molecule has 0 spiro atoms. The molecular weight excluding hydrogens is 102 g/mol. The van der Waals surface area contributed by atoms with Crippen LogP contribution in [0.1, 0.15) is 0 Å². The fourth-order valence-corrected chi connectivity index (χ4v) is 0.654. The van der Waals surface area contributed by atoms with Crippen molar-refractivity contribution in [3.8, 4) is 0 Å². The maximum atomic E-state index is 12.3. The topological polar surface area (TPSA) is 0 Å². The normalized spacial score (nSPS) is 21.8. The molecule has 0 aliphatic heterocycles. The highest BCUT2D eigenvalue weighted by Gasteiger charge is 2.25. The molecule has 0 bridgehead atoms. The summed E-state index contributed by atoms with van der Waals surface area (Å²) in [4.78, 5) is 0. The van der Waals surface area contributed by atoms with Gasteiger partial charge in [0.25, 0.3) is 0 Å². The van der Waals surface area contributed by atoms with E-state index in [1.807, 2.05) is 12.8 Å². The monoisotopic (exact) mass is 109 g/mol. The van der Waals surface area contributed by atoms with Crippen molar-refractivity contribution in [2.24, 2.45) is 0 Å². The highest BCUT2D eigenvalue weighted by atomic mass is 19.1. The molecule has 0 saturated heterocycles. The molecule has 0 aromatic carbocycles. The fraction of sp³-hybridized carbons (Fsp3) is 0.167. The Morgan fingerprint density at radius 1 is 1.38 bits per heavy atom. The standard InChI is InChI=1S/C6H7BF/c1-7(8)6-4-2-3-5-6/h2-5H,1H3. The van der Waals surface area contributed by atoms with Gasteiger partial charge in [-0.3, -0.25) is 0 Å². The van der Waals surface area contributed by atoms with E-state index < -0.39 is 6.99 Å². The van der Waals surface area contributed by atoms with Crippen molar-refractivity contribution in [2.45, 2.75) is 6.82 Å². The smallest absolute Gasteiger partial charge is 0.336 e. The maximum Gasteiger partial charge on any atom is 0.352 e. The van der Waals surface area contributed by atoms with Crippen LogP contribution in [0.4, 0.5) is 4.32 Å². The summed E-state index contributed by atoms with van der Waals surface area (Å²) in [5.41, 5.74) is 0. The minimum Gasteiger partial charge on any atom is -0.336 e. The molecule has 5 radical (unpaired) electrons. The van der Waals surface area contributed by atoms with Crippen LogP contribution in [-0.4, -0.2) is 6.99 Å². The highest BCUT2D eigenvalue weighted by Crippen LogP contribution is 2.25. The Labute approximate surface area is 50.6 Å². The summed E-state index contributed by atoms with van der Waals surface area (Å²) in [6.07, 6.45) is 7.24. The minimum absolute atomic E-state index is 0.769. The van der Waals surface area contributed by atoms with Crippen molar-refractivity contribution < 1.29 is 4.32 Å². The minimum atomic E-state index is -0.815. The number of hydrogen-bond acceptors (Lipinski definition) is 0. The lowest BCUT2D eigenvalue weighted by Gasteiger charge is -2.01. The summed E-state index contributed by atoms with van der Waals surface area (Å²) in [7, 11) is 0. The molecule has 0 N–H and O–H groups in total. The van der Waals surface area contributed by atoms with Crippen LogP contribution in [0.2, 0.25) is 6.82 Å². The molecule has 0 aromatic rings. The lowest BCUT2D eigenvalue weighted by atomic mass is 9.61. The van der Waals surface area contributed by atoms with Crippen LogP contribution in [0, 0.1) is 31.5 Å². The molecule has 1 saturated carbocycles. The van der Waals surface area contributed by atoms with E-state index in [4.69, 9.17) is 0 Å². The summed E-state index contributed by atoms with van der Waals surface area (Å²) < 4.78 is 12.3. The van der Waals surface area contributed by atoms with E-state index in [0.29, 0.717) is 0 Å². The van der Waals surface area contributed by atoms with E-state index in [1.54, 1.807) is 12.8 Å². The molecule has 0 heterocycles. The zero-order chi connectivity index (χ0) is 5.98. The SMILES string of the molecule is CB(F)[C]1[CH][CH][CH][CH]1. The van der Waals surface area contributed by atoms with Gasteiger partial charge in [-0.25, -0.2) is 0 Å². The molecule has 0 unspecified atom stereocenters. The van der Waals surface area contributed by atoms with E-state index in [0.717, 1.165) is 5.82 Å². The summed E-state index contributed by atoms with van der Waals surface area (Å²) >= 11 is 0. The zero-order valence-corrected chi connectivity index (χ0v) is 4.76. The molecule has 2 heteroatoms. The van der Waals surface area contributed by atoms with Gasteiger partial charge in [-0.1, -0.05) is 6.82 Å². The second-order valence-corrected chi connectivity index (χ2v) is 1.83. The Hall–Kier alpha value is -0.00506. The van der Waals surface area contributed by atoms with Gasteiger partial charge in [0.15, 0.2) is 0 Å². The Kier molecular flexibility index (Phi) is 1.93. The second kappa shape index (κ2) is 2.52. The summed E-state index contributed by atoms with van der Waals surface area (Å²) in [5, 5.41) is 0. The lowest BCUT2D eigenvalue weighted by molar-refractivity contribution is 0.838. The summed E-state index contributed by atoms with van der Waals surface area (Å²) in [6.45, 7) is 0.722. The molecule has 8 heavy (non-hydrogen) atoms. The van der Waals surface area contributed by atoms with Crippen molar-refractivity contribution in [3.63, 3.8) is 0 Å². The average Bonchev–Trinajstić information content (AvgIpc) is 2.12. The van der Waals surface area contributed by atoms with Gasteiger partial charge < -0.3 is 4.32 Å². The number of rotatable bonds is 1. The van der Waals surface area contributed by atoms with Gasteiger partial charge in [-0.05, 0) is 31.5 Å². The second-order valence-electron chi connectivity index (χ2n) is 1.83. The highest BCUT2D eigenvalue weighted by molar-refractivity contribution is 6.57. The Morgan fingerprint density at radius 3 is 2.12 bits per heavy atom. The first-order valence-corrected chi connectivity index (χ1v) is 2.66. The fourth-order valence-electron chi connectivity index (χ4n) is 0.654. The molecule has 0 aromatic heterocycles. The first-order chi connectivity index (χ1) is 3.80. The third kappa shape index (κ3) is 1.24. The van der Waals surface area contributed by atoms with Gasteiger partial charge in [0, 0.05) is 0 Å². The van der Waals surface area contributed by atoms with Gasteiger partial charge in [0.05, 0.1) is 0 Å². The lowest BCUT2D eigenvalue weighted by Crippen LogP contribution is -2.10. The predicted octanol–water partition coefficient (Wildman–Crippen LogP) is 1.52. The van der Waals surface area contributed by atoms with E-state index in [9.17, 15) is 4.32 Å². The van der Waals surface area contributed by atoms with Crippen molar-refractivity contribution >= 4 is 6.99 Å². The molecule has 0 atom stereocenters. The van der Waals surface area contributed by atoms with E-state index in [1.165, 1.54) is 6.82 Å². The Bertz CT molecular complexity index is 66.9.